The zero-order valence-electron chi connectivity index (χ0n) is 11.9. The number of allylic oxidation sites excluding steroid dienone is 1. The van der Waals surface area contributed by atoms with Gasteiger partial charge in [-0.05, 0) is 6.42 Å². The van der Waals surface area contributed by atoms with Crippen molar-refractivity contribution in [2.24, 2.45) is 0 Å². The van der Waals surface area contributed by atoms with Gasteiger partial charge in [-0.1, -0.05) is 25.5 Å². The Kier molecular flexibility index (Phi) is 5.11. The van der Waals surface area contributed by atoms with Crippen LogP contribution in [0.5, 0.6) is 0 Å². The molecular weight excluding hydrogens is 276 g/mol. The standard InChI is InChI=1S/C14H20N2O5/c1-2-3-4-5-9-7-16(14(20)15-13(9)19)12-6-10(18)11(8-17)21-12/h4-5,7,10-12,17-18H,2-3,6,8H2,1H3,(H,15,19,20)/t10-,11+,12+/m0/s1. The van der Waals surface area contributed by atoms with Gasteiger partial charge in [-0.25, -0.2) is 4.79 Å². The Morgan fingerprint density at radius 1 is 1.52 bits per heavy atom. The minimum absolute atomic E-state index is 0.190. The number of aromatic amines is 1. The van der Waals surface area contributed by atoms with Crippen molar-refractivity contribution in [2.45, 2.75) is 44.6 Å². The number of H-pyrrole nitrogens is 1. The van der Waals surface area contributed by atoms with E-state index in [9.17, 15) is 14.7 Å². The van der Waals surface area contributed by atoms with E-state index < -0.39 is 29.7 Å². The van der Waals surface area contributed by atoms with Crippen LogP contribution in [-0.2, 0) is 4.74 Å². The van der Waals surface area contributed by atoms with Gasteiger partial charge in [-0.15, -0.1) is 0 Å². The second-order valence-electron chi connectivity index (χ2n) is 5.06. The van der Waals surface area contributed by atoms with Crippen molar-refractivity contribution in [3.05, 3.63) is 38.7 Å². The summed E-state index contributed by atoms with van der Waals surface area (Å²) in [6, 6.07) is 0. The number of ether oxygens (including phenoxy) is 1. The molecule has 7 heteroatoms. The average molecular weight is 296 g/mol. The molecule has 0 aliphatic carbocycles. The molecule has 0 bridgehead atoms. The van der Waals surface area contributed by atoms with Crippen LogP contribution in [0.4, 0.5) is 0 Å². The van der Waals surface area contributed by atoms with Gasteiger partial charge in [0.1, 0.15) is 12.3 Å². The summed E-state index contributed by atoms with van der Waals surface area (Å²) in [4.78, 5) is 25.8. The zero-order chi connectivity index (χ0) is 15.4. The lowest BCUT2D eigenvalue weighted by atomic mass is 10.2. The molecule has 1 fully saturated rings. The molecule has 3 N–H and O–H groups in total. The molecule has 0 spiro atoms. The number of rotatable bonds is 5. The van der Waals surface area contributed by atoms with Crippen molar-refractivity contribution in [1.29, 1.82) is 0 Å². The van der Waals surface area contributed by atoms with Crippen molar-refractivity contribution in [3.8, 4) is 0 Å². The number of nitrogens with one attached hydrogen (secondary N) is 1. The molecule has 1 aromatic heterocycles. The lowest BCUT2D eigenvalue weighted by Crippen LogP contribution is -2.33. The van der Waals surface area contributed by atoms with Crippen LogP contribution in [0.3, 0.4) is 0 Å². The smallest absolute Gasteiger partial charge is 0.330 e. The fraction of sp³-hybridized carbons (Fsp3) is 0.571. The van der Waals surface area contributed by atoms with Crippen LogP contribution < -0.4 is 11.2 Å². The van der Waals surface area contributed by atoms with E-state index in [-0.39, 0.29) is 13.0 Å². The van der Waals surface area contributed by atoms with E-state index in [1.54, 1.807) is 6.08 Å². The van der Waals surface area contributed by atoms with Crippen LogP contribution in [0.2, 0.25) is 0 Å². The minimum atomic E-state index is -0.835. The summed E-state index contributed by atoms with van der Waals surface area (Å²) in [6.45, 7) is 1.71. The molecule has 0 saturated carbocycles. The number of nitrogens with zero attached hydrogens (tertiary/aromatic N) is 1. The van der Waals surface area contributed by atoms with Gasteiger partial charge < -0.3 is 14.9 Å². The quantitative estimate of drug-likeness (QED) is 0.709. The third-order valence-electron chi connectivity index (χ3n) is 3.44. The molecular formula is C14H20N2O5. The van der Waals surface area contributed by atoms with Crippen molar-refractivity contribution in [1.82, 2.24) is 9.55 Å². The maximum absolute atomic E-state index is 11.9. The second kappa shape index (κ2) is 6.84. The predicted octanol–water partition coefficient (Wildman–Crippen LogP) is -0.00940. The highest BCUT2D eigenvalue weighted by Gasteiger charge is 2.35. The van der Waals surface area contributed by atoms with E-state index in [1.807, 2.05) is 13.0 Å². The summed E-state index contributed by atoms with van der Waals surface area (Å²) in [6.07, 6.45) is 4.69. The molecule has 0 aromatic carbocycles. The summed E-state index contributed by atoms with van der Waals surface area (Å²) >= 11 is 0. The summed E-state index contributed by atoms with van der Waals surface area (Å²) in [5.74, 6) is 0. The van der Waals surface area contributed by atoms with Gasteiger partial charge in [0.25, 0.3) is 5.56 Å². The van der Waals surface area contributed by atoms with Crippen LogP contribution in [-0.4, -0.2) is 38.6 Å². The highest BCUT2D eigenvalue weighted by molar-refractivity contribution is 5.46. The number of aromatic nitrogens is 2. The molecule has 1 aliphatic heterocycles. The van der Waals surface area contributed by atoms with Gasteiger partial charge in [-0.3, -0.25) is 14.3 Å². The molecule has 21 heavy (non-hydrogen) atoms. The first-order valence-electron chi connectivity index (χ1n) is 7.03. The summed E-state index contributed by atoms with van der Waals surface area (Å²) in [5.41, 5.74) is -0.696. The Bertz CT molecular complexity index is 619. The first kappa shape index (κ1) is 15.7. The van der Waals surface area contributed by atoms with E-state index >= 15 is 0 Å². The van der Waals surface area contributed by atoms with E-state index in [4.69, 9.17) is 9.84 Å². The summed E-state index contributed by atoms with van der Waals surface area (Å²) < 4.78 is 6.67. The van der Waals surface area contributed by atoms with E-state index in [0.29, 0.717) is 5.56 Å². The summed E-state index contributed by atoms with van der Waals surface area (Å²) in [7, 11) is 0. The molecule has 0 unspecified atom stereocenters. The van der Waals surface area contributed by atoms with Gasteiger partial charge in [-0.2, -0.15) is 0 Å². The lowest BCUT2D eigenvalue weighted by molar-refractivity contribution is -0.0459. The molecule has 3 atom stereocenters. The van der Waals surface area contributed by atoms with Crippen LogP contribution in [0, 0.1) is 0 Å². The highest BCUT2D eigenvalue weighted by Crippen LogP contribution is 2.27. The monoisotopic (exact) mass is 296 g/mol. The Labute approximate surface area is 121 Å². The molecule has 7 nitrogen and oxygen atoms in total. The normalized spacial score (nSPS) is 25.8. The minimum Gasteiger partial charge on any atom is -0.394 e. The second-order valence-corrected chi connectivity index (χ2v) is 5.06. The molecule has 116 valence electrons. The lowest BCUT2D eigenvalue weighted by Gasteiger charge is -2.14. The van der Waals surface area contributed by atoms with Crippen LogP contribution in [0.1, 0.15) is 38.0 Å². The number of aliphatic hydroxyl groups excluding tert-OH is 2. The van der Waals surface area contributed by atoms with Crippen molar-refractivity contribution < 1.29 is 14.9 Å². The largest absolute Gasteiger partial charge is 0.394 e. The first-order chi connectivity index (χ1) is 10.1. The molecule has 1 saturated heterocycles. The fourth-order valence-electron chi connectivity index (χ4n) is 2.26. The molecule has 1 aliphatic rings. The Hall–Kier alpha value is -1.70. The van der Waals surface area contributed by atoms with Crippen LogP contribution >= 0.6 is 0 Å². The molecule has 0 radical (unpaired) electrons. The molecule has 1 aromatic rings. The Morgan fingerprint density at radius 3 is 2.90 bits per heavy atom. The third-order valence-corrected chi connectivity index (χ3v) is 3.44. The average Bonchev–Trinajstić information content (AvgIpc) is 2.82. The maximum atomic E-state index is 11.9. The number of aliphatic hydroxyl groups is 2. The fourth-order valence-corrected chi connectivity index (χ4v) is 2.26. The van der Waals surface area contributed by atoms with E-state index in [0.717, 1.165) is 12.8 Å². The third kappa shape index (κ3) is 3.49. The summed E-state index contributed by atoms with van der Waals surface area (Å²) in [5, 5.41) is 18.8. The zero-order valence-corrected chi connectivity index (χ0v) is 11.9. The number of hydrogen-bond donors (Lipinski definition) is 3. The van der Waals surface area contributed by atoms with Gasteiger partial charge in [0.2, 0.25) is 0 Å². The van der Waals surface area contributed by atoms with Crippen molar-refractivity contribution >= 4 is 6.08 Å². The van der Waals surface area contributed by atoms with Crippen LogP contribution in [0.15, 0.2) is 21.9 Å². The molecule has 2 heterocycles. The van der Waals surface area contributed by atoms with Crippen molar-refractivity contribution in [2.75, 3.05) is 6.61 Å². The topological polar surface area (TPSA) is 105 Å². The highest BCUT2D eigenvalue weighted by atomic mass is 16.5. The SMILES string of the molecule is CCCC=Cc1cn([C@H]2C[C@H](O)[C@@H](CO)O2)c(=O)[nH]c1=O. The predicted molar refractivity (Wildman–Crippen MR) is 76.9 cm³/mol. The van der Waals surface area contributed by atoms with E-state index in [1.165, 1.54) is 10.8 Å². The molecule has 2 rings (SSSR count). The maximum Gasteiger partial charge on any atom is 0.330 e. The van der Waals surface area contributed by atoms with Gasteiger partial charge >= 0.3 is 5.69 Å². The Morgan fingerprint density at radius 2 is 2.29 bits per heavy atom. The van der Waals surface area contributed by atoms with Gasteiger partial charge in [0.05, 0.1) is 18.3 Å². The Balaban J connectivity index is 2.30. The first-order valence-corrected chi connectivity index (χ1v) is 7.03. The van der Waals surface area contributed by atoms with Gasteiger partial charge in [0, 0.05) is 12.6 Å². The number of hydrogen-bond acceptors (Lipinski definition) is 5. The van der Waals surface area contributed by atoms with Gasteiger partial charge in [0.15, 0.2) is 0 Å². The number of unbranched alkanes of at least 4 members (excludes halogenated alkanes) is 1. The van der Waals surface area contributed by atoms with Crippen molar-refractivity contribution in [3.63, 3.8) is 0 Å². The molecule has 0 amide bonds. The van der Waals surface area contributed by atoms with Crippen LogP contribution in [0.25, 0.3) is 6.08 Å². The van der Waals surface area contributed by atoms with E-state index in [2.05, 4.69) is 4.98 Å².